The van der Waals surface area contributed by atoms with Gasteiger partial charge in [0.2, 0.25) is 5.91 Å². The number of carbonyl (C=O) groups excluding carboxylic acids is 2. The molecule has 7 nitrogen and oxygen atoms in total. The average Bonchev–Trinajstić information content (AvgIpc) is 3.51. The van der Waals surface area contributed by atoms with Crippen molar-refractivity contribution in [3.63, 3.8) is 0 Å². The van der Waals surface area contributed by atoms with Gasteiger partial charge in [0.1, 0.15) is 6.04 Å². The summed E-state index contributed by atoms with van der Waals surface area (Å²) in [5, 5.41) is 7.86. The molecule has 3 heterocycles. The molecule has 1 saturated heterocycles. The lowest BCUT2D eigenvalue weighted by atomic mass is 10.1. The van der Waals surface area contributed by atoms with Crippen LogP contribution in [0.3, 0.4) is 0 Å². The summed E-state index contributed by atoms with van der Waals surface area (Å²) in [7, 11) is 0. The van der Waals surface area contributed by atoms with E-state index < -0.39 is 6.04 Å². The molecule has 1 N–H and O–H groups in total. The predicted octanol–water partition coefficient (Wildman–Crippen LogP) is 4.03. The summed E-state index contributed by atoms with van der Waals surface area (Å²) in [6.07, 6.45) is 3.01. The maximum Gasteiger partial charge on any atom is 0.258 e. The first-order chi connectivity index (χ1) is 15.1. The molecule has 0 radical (unpaired) electrons. The number of amides is 2. The first-order valence-corrected chi connectivity index (χ1v) is 11.0. The Balaban J connectivity index is 1.35. The van der Waals surface area contributed by atoms with Gasteiger partial charge in [0.15, 0.2) is 5.13 Å². The van der Waals surface area contributed by atoms with Crippen molar-refractivity contribution < 1.29 is 9.59 Å². The van der Waals surface area contributed by atoms with Crippen molar-refractivity contribution in [2.24, 2.45) is 0 Å². The fourth-order valence-electron chi connectivity index (χ4n) is 4.00. The van der Waals surface area contributed by atoms with Crippen molar-refractivity contribution in [1.82, 2.24) is 19.7 Å². The molecule has 0 spiro atoms. The molecule has 1 aliphatic rings. The number of hydrogen-bond donors (Lipinski definition) is 1. The first-order valence-electron chi connectivity index (χ1n) is 10.2. The monoisotopic (exact) mass is 431 g/mol. The molecule has 1 aliphatic heterocycles. The van der Waals surface area contributed by atoms with E-state index in [2.05, 4.69) is 15.4 Å². The van der Waals surface area contributed by atoms with Gasteiger partial charge in [-0.15, -0.1) is 0 Å². The van der Waals surface area contributed by atoms with E-state index in [-0.39, 0.29) is 11.8 Å². The fraction of sp³-hybridized carbons (Fsp3) is 0.217. The van der Waals surface area contributed by atoms with Crippen LogP contribution in [0.5, 0.6) is 0 Å². The van der Waals surface area contributed by atoms with Gasteiger partial charge >= 0.3 is 0 Å². The van der Waals surface area contributed by atoms with E-state index in [0.29, 0.717) is 23.7 Å². The van der Waals surface area contributed by atoms with Gasteiger partial charge in [0.25, 0.3) is 5.91 Å². The number of anilines is 1. The molecule has 1 atom stereocenters. The number of carbonyl (C=O) groups is 2. The highest BCUT2D eigenvalue weighted by molar-refractivity contribution is 7.22. The quantitative estimate of drug-likeness (QED) is 0.529. The molecule has 2 aromatic heterocycles. The van der Waals surface area contributed by atoms with Crippen molar-refractivity contribution in [3.05, 3.63) is 72.1 Å². The molecule has 0 bridgehead atoms. The Kier molecular flexibility index (Phi) is 4.99. The van der Waals surface area contributed by atoms with Crippen LogP contribution in [-0.2, 0) is 4.79 Å². The Hall–Kier alpha value is -3.52. The highest BCUT2D eigenvalue weighted by Gasteiger charge is 2.36. The predicted molar refractivity (Wildman–Crippen MR) is 121 cm³/mol. The lowest BCUT2D eigenvalue weighted by Crippen LogP contribution is -2.43. The Labute approximate surface area is 183 Å². The van der Waals surface area contributed by atoms with Crippen molar-refractivity contribution in [2.75, 3.05) is 11.9 Å². The molecular weight excluding hydrogens is 410 g/mol. The normalized spacial score (nSPS) is 16.0. The fourth-order valence-corrected chi connectivity index (χ4v) is 4.87. The van der Waals surface area contributed by atoms with Gasteiger partial charge in [-0.1, -0.05) is 41.7 Å². The van der Waals surface area contributed by atoms with Crippen LogP contribution >= 0.6 is 11.3 Å². The molecule has 156 valence electrons. The van der Waals surface area contributed by atoms with Gasteiger partial charge in [0.05, 0.1) is 33.4 Å². The van der Waals surface area contributed by atoms with Crippen LogP contribution in [0.2, 0.25) is 0 Å². The van der Waals surface area contributed by atoms with E-state index in [1.165, 1.54) is 11.3 Å². The minimum Gasteiger partial charge on any atom is -0.326 e. The number of aromatic nitrogens is 3. The molecule has 0 saturated carbocycles. The van der Waals surface area contributed by atoms with Gasteiger partial charge in [-0.2, -0.15) is 5.10 Å². The third-order valence-electron chi connectivity index (χ3n) is 5.58. The Morgan fingerprint density at radius 3 is 2.68 bits per heavy atom. The summed E-state index contributed by atoms with van der Waals surface area (Å²) in [4.78, 5) is 32.4. The van der Waals surface area contributed by atoms with Crippen molar-refractivity contribution >= 4 is 38.5 Å². The maximum atomic E-state index is 13.3. The first kappa shape index (κ1) is 19.4. The SMILES string of the molecule is Cc1c(C(=O)N2CCCC2C(=O)Nc2nc3ccccc3s2)cnn1-c1ccccc1. The molecule has 8 heteroatoms. The third kappa shape index (κ3) is 3.59. The molecule has 1 unspecified atom stereocenters. The van der Waals surface area contributed by atoms with Gasteiger partial charge in [0, 0.05) is 6.54 Å². The summed E-state index contributed by atoms with van der Waals surface area (Å²) in [5.41, 5.74) is 3.02. The van der Waals surface area contributed by atoms with E-state index in [1.54, 1.807) is 15.8 Å². The standard InChI is InChI=1S/C23H21N5O2S/c1-15-17(14-24-28(15)16-8-3-2-4-9-16)22(30)27-13-7-11-19(27)21(29)26-23-25-18-10-5-6-12-20(18)31-23/h2-6,8-10,12,14,19H,7,11,13H2,1H3,(H,25,26,29). The molecule has 1 fully saturated rings. The highest BCUT2D eigenvalue weighted by Crippen LogP contribution is 2.28. The molecule has 5 rings (SSSR count). The van der Waals surface area contributed by atoms with Crippen LogP contribution in [-0.4, -0.2) is 44.1 Å². The summed E-state index contributed by atoms with van der Waals surface area (Å²) in [5.74, 6) is -0.361. The molecule has 2 aromatic carbocycles. The second-order valence-electron chi connectivity index (χ2n) is 7.52. The second-order valence-corrected chi connectivity index (χ2v) is 8.55. The van der Waals surface area contributed by atoms with E-state index in [0.717, 1.165) is 28.0 Å². The minimum absolute atomic E-state index is 0.165. The molecular formula is C23H21N5O2S. The molecule has 4 aromatic rings. The van der Waals surface area contributed by atoms with Crippen LogP contribution in [0.1, 0.15) is 28.9 Å². The second kappa shape index (κ2) is 7.96. The zero-order valence-corrected chi connectivity index (χ0v) is 17.8. The zero-order chi connectivity index (χ0) is 21.4. The molecule has 31 heavy (non-hydrogen) atoms. The van der Waals surface area contributed by atoms with Gasteiger partial charge in [-0.25, -0.2) is 9.67 Å². The van der Waals surface area contributed by atoms with Crippen LogP contribution in [0, 0.1) is 6.92 Å². The summed E-state index contributed by atoms with van der Waals surface area (Å²) < 4.78 is 2.76. The Morgan fingerprint density at radius 1 is 1.10 bits per heavy atom. The molecule has 2 amide bonds. The highest BCUT2D eigenvalue weighted by atomic mass is 32.1. The van der Waals surface area contributed by atoms with Crippen LogP contribution in [0.15, 0.2) is 60.8 Å². The maximum absolute atomic E-state index is 13.3. The van der Waals surface area contributed by atoms with Crippen LogP contribution < -0.4 is 5.32 Å². The number of hydrogen-bond acceptors (Lipinski definition) is 5. The number of nitrogens with zero attached hydrogens (tertiary/aromatic N) is 4. The average molecular weight is 432 g/mol. The molecule has 0 aliphatic carbocycles. The van der Waals surface area contributed by atoms with E-state index in [9.17, 15) is 9.59 Å². The Morgan fingerprint density at radius 2 is 1.87 bits per heavy atom. The summed E-state index contributed by atoms with van der Waals surface area (Å²) in [6, 6.07) is 16.9. The van der Waals surface area contributed by atoms with Crippen molar-refractivity contribution in [3.8, 4) is 5.69 Å². The number of nitrogens with one attached hydrogen (secondary N) is 1. The number of fused-ring (bicyclic) bond motifs is 1. The minimum atomic E-state index is -0.515. The Bertz CT molecular complexity index is 1230. The zero-order valence-electron chi connectivity index (χ0n) is 17.0. The van der Waals surface area contributed by atoms with E-state index >= 15 is 0 Å². The lowest BCUT2D eigenvalue weighted by molar-refractivity contribution is -0.119. The van der Waals surface area contributed by atoms with E-state index in [4.69, 9.17) is 0 Å². The number of benzene rings is 2. The largest absolute Gasteiger partial charge is 0.326 e. The van der Waals surface area contributed by atoms with Gasteiger partial charge < -0.3 is 10.2 Å². The van der Waals surface area contributed by atoms with Crippen molar-refractivity contribution in [2.45, 2.75) is 25.8 Å². The lowest BCUT2D eigenvalue weighted by Gasteiger charge is -2.23. The van der Waals surface area contributed by atoms with E-state index in [1.807, 2.05) is 61.5 Å². The smallest absolute Gasteiger partial charge is 0.258 e. The van der Waals surface area contributed by atoms with Crippen LogP contribution in [0.4, 0.5) is 5.13 Å². The van der Waals surface area contributed by atoms with Crippen LogP contribution in [0.25, 0.3) is 15.9 Å². The van der Waals surface area contributed by atoms with Crippen molar-refractivity contribution in [1.29, 1.82) is 0 Å². The summed E-state index contributed by atoms with van der Waals surface area (Å²) in [6.45, 7) is 2.42. The third-order valence-corrected chi connectivity index (χ3v) is 6.53. The number of thiazole rings is 1. The number of para-hydroxylation sites is 2. The number of rotatable bonds is 4. The van der Waals surface area contributed by atoms with Gasteiger partial charge in [-0.3, -0.25) is 9.59 Å². The summed E-state index contributed by atoms with van der Waals surface area (Å²) >= 11 is 1.43. The topological polar surface area (TPSA) is 80.1 Å². The van der Waals surface area contributed by atoms with Gasteiger partial charge in [-0.05, 0) is 44.0 Å². The number of likely N-dealkylation sites (tertiary alicyclic amines) is 1.